The number of anilines is 1. The normalized spacial score (nSPS) is 10.7. The smallest absolute Gasteiger partial charge is 0.251 e. The molecule has 0 aliphatic carbocycles. The number of likely N-dealkylation sites (N-methyl/N-ethyl adjacent to an activating group) is 1. The van der Waals surface area contributed by atoms with Crippen molar-refractivity contribution in [1.29, 1.82) is 0 Å². The second-order valence-electron chi connectivity index (χ2n) is 4.30. The summed E-state index contributed by atoms with van der Waals surface area (Å²) in [6.07, 6.45) is 0. The molecule has 0 atom stereocenters. The first-order valence-electron chi connectivity index (χ1n) is 6.45. The highest BCUT2D eigenvalue weighted by molar-refractivity contribution is 5.96. The van der Waals surface area contributed by atoms with E-state index in [9.17, 15) is 4.79 Å². The molecule has 1 aromatic rings. The number of amides is 1. The third kappa shape index (κ3) is 3.74. The van der Waals surface area contributed by atoms with Crippen LogP contribution in [0.4, 0.5) is 5.69 Å². The molecule has 0 saturated carbocycles. The van der Waals surface area contributed by atoms with Gasteiger partial charge in [0, 0.05) is 24.3 Å². The Hall–Kier alpha value is -1.55. The molecule has 4 nitrogen and oxygen atoms in total. The van der Waals surface area contributed by atoms with Crippen LogP contribution in [0.2, 0.25) is 0 Å². The molecule has 0 aliphatic rings. The van der Waals surface area contributed by atoms with Crippen LogP contribution in [0, 0.1) is 6.92 Å². The lowest BCUT2D eigenvalue weighted by molar-refractivity contribution is 0.0948. The Morgan fingerprint density at radius 1 is 1.33 bits per heavy atom. The van der Waals surface area contributed by atoms with Gasteiger partial charge in [0.15, 0.2) is 0 Å². The van der Waals surface area contributed by atoms with Crippen LogP contribution in [0.1, 0.15) is 29.8 Å². The molecule has 0 aliphatic heterocycles. The summed E-state index contributed by atoms with van der Waals surface area (Å²) in [6.45, 7) is 9.65. The minimum absolute atomic E-state index is 0.0491. The summed E-state index contributed by atoms with van der Waals surface area (Å²) in [5.74, 6) is -0.0491. The molecule has 1 amide bonds. The molecule has 18 heavy (non-hydrogen) atoms. The molecule has 0 spiro atoms. The van der Waals surface area contributed by atoms with Crippen molar-refractivity contribution in [3.8, 4) is 0 Å². The fraction of sp³-hybridized carbons (Fsp3) is 0.500. The SMILES string of the molecule is CCN(CC)CCNC(=O)c1cccc(N)c1C. The van der Waals surface area contributed by atoms with Gasteiger partial charge in [-0.05, 0) is 37.7 Å². The number of carbonyl (C=O) groups excluding carboxylic acids is 1. The van der Waals surface area contributed by atoms with Crippen molar-refractivity contribution in [3.05, 3.63) is 29.3 Å². The van der Waals surface area contributed by atoms with E-state index in [0.29, 0.717) is 17.8 Å². The zero-order valence-electron chi connectivity index (χ0n) is 11.5. The predicted molar refractivity (Wildman–Crippen MR) is 75.7 cm³/mol. The Morgan fingerprint density at radius 3 is 2.61 bits per heavy atom. The highest BCUT2D eigenvalue weighted by Gasteiger charge is 2.10. The van der Waals surface area contributed by atoms with E-state index in [1.807, 2.05) is 19.1 Å². The van der Waals surface area contributed by atoms with E-state index in [1.165, 1.54) is 0 Å². The lowest BCUT2D eigenvalue weighted by Crippen LogP contribution is -2.35. The van der Waals surface area contributed by atoms with E-state index in [1.54, 1.807) is 6.07 Å². The number of hydrogen-bond acceptors (Lipinski definition) is 3. The van der Waals surface area contributed by atoms with Crippen LogP contribution in [-0.4, -0.2) is 37.0 Å². The largest absolute Gasteiger partial charge is 0.398 e. The Bertz CT molecular complexity index is 400. The molecule has 1 aromatic carbocycles. The fourth-order valence-corrected chi connectivity index (χ4v) is 1.86. The third-order valence-corrected chi connectivity index (χ3v) is 3.23. The molecule has 0 saturated heterocycles. The number of hydrogen-bond donors (Lipinski definition) is 2. The van der Waals surface area contributed by atoms with Crippen molar-refractivity contribution in [1.82, 2.24) is 10.2 Å². The zero-order chi connectivity index (χ0) is 13.5. The summed E-state index contributed by atoms with van der Waals surface area (Å²) < 4.78 is 0. The maximum Gasteiger partial charge on any atom is 0.251 e. The molecule has 3 N–H and O–H groups in total. The second-order valence-corrected chi connectivity index (χ2v) is 4.30. The van der Waals surface area contributed by atoms with Gasteiger partial charge in [-0.15, -0.1) is 0 Å². The zero-order valence-corrected chi connectivity index (χ0v) is 11.5. The first-order valence-corrected chi connectivity index (χ1v) is 6.45. The van der Waals surface area contributed by atoms with Crippen LogP contribution in [0.3, 0.4) is 0 Å². The third-order valence-electron chi connectivity index (χ3n) is 3.23. The van der Waals surface area contributed by atoms with Crippen molar-refractivity contribution in [2.24, 2.45) is 0 Å². The summed E-state index contributed by atoms with van der Waals surface area (Å²) >= 11 is 0. The van der Waals surface area contributed by atoms with Crippen molar-refractivity contribution in [2.75, 3.05) is 31.9 Å². The van der Waals surface area contributed by atoms with Crippen molar-refractivity contribution in [3.63, 3.8) is 0 Å². The van der Waals surface area contributed by atoms with Crippen LogP contribution >= 0.6 is 0 Å². The minimum Gasteiger partial charge on any atom is -0.398 e. The molecule has 0 aromatic heterocycles. The van der Waals surface area contributed by atoms with Gasteiger partial charge in [-0.3, -0.25) is 4.79 Å². The number of rotatable bonds is 6. The van der Waals surface area contributed by atoms with Crippen molar-refractivity contribution < 1.29 is 4.79 Å². The molecular weight excluding hydrogens is 226 g/mol. The molecule has 1 rings (SSSR count). The van der Waals surface area contributed by atoms with Gasteiger partial charge in [0.1, 0.15) is 0 Å². The van der Waals surface area contributed by atoms with Gasteiger partial charge in [-0.25, -0.2) is 0 Å². The van der Waals surface area contributed by atoms with Gasteiger partial charge in [-0.2, -0.15) is 0 Å². The molecule has 100 valence electrons. The second kappa shape index (κ2) is 7.01. The van der Waals surface area contributed by atoms with Crippen molar-refractivity contribution in [2.45, 2.75) is 20.8 Å². The maximum absolute atomic E-state index is 12.0. The first kappa shape index (κ1) is 14.5. The maximum atomic E-state index is 12.0. The number of nitrogens with one attached hydrogen (secondary N) is 1. The van der Waals surface area contributed by atoms with E-state index in [4.69, 9.17) is 5.73 Å². The fourth-order valence-electron chi connectivity index (χ4n) is 1.86. The van der Waals surface area contributed by atoms with E-state index in [2.05, 4.69) is 24.1 Å². The van der Waals surface area contributed by atoms with Crippen molar-refractivity contribution >= 4 is 11.6 Å². The quantitative estimate of drug-likeness (QED) is 0.754. The predicted octanol–water partition coefficient (Wildman–Crippen LogP) is 1.65. The Kier molecular flexibility index (Phi) is 5.65. The number of nitrogen functional groups attached to an aromatic ring is 1. The van der Waals surface area contributed by atoms with E-state index in [-0.39, 0.29) is 5.91 Å². The summed E-state index contributed by atoms with van der Waals surface area (Å²) in [6, 6.07) is 5.42. The van der Waals surface area contributed by atoms with Crippen LogP contribution in [0.5, 0.6) is 0 Å². The van der Waals surface area contributed by atoms with E-state index < -0.39 is 0 Å². The summed E-state index contributed by atoms with van der Waals surface area (Å²) in [5, 5.41) is 2.93. The van der Waals surface area contributed by atoms with Gasteiger partial charge in [0.2, 0.25) is 0 Å². The monoisotopic (exact) mass is 249 g/mol. The highest BCUT2D eigenvalue weighted by Crippen LogP contribution is 2.14. The minimum atomic E-state index is -0.0491. The lowest BCUT2D eigenvalue weighted by Gasteiger charge is -2.18. The van der Waals surface area contributed by atoms with Crippen LogP contribution in [0.15, 0.2) is 18.2 Å². The standard InChI is InChI=1S/C14H23N3O/c1-4-17(5-2)10-9-16-14(18)12-7-6-8-13(15)11(12)3/h6-8H,4-5,9-10,15H2,1-3H3,(H,16,18). The van der Waals surface area contributed by atoms with Gasteiger partial charge < -0.3 is 16.0 Å². The van der Waals surface area contributed by atoms with Crippen LogP contribution in [0.25, 0.3) is 0 Å². The highest BCUT2D eigenvalue weighted by atomic mass is 16.1. The first-order chi connectivity index (χ1) is 8.60. The molecule has 0 radical (unpaired) electrons. The van der Waals surface area contributed by atoms with Gasteiger partial charge >= 0.3 is 0 Å². The molecule has 4 heteroatoms. The van der Waals surface area contributed by atoms with Gasteiger partial charge in [0.05, 0.1) is 0 Å². The van der Waals surface area contributed by atoms with E-state index >= 15 is 0 Å². The Labute approximate surface area is 109 Å². The number of benzene rings is 1. The molecular formula is C14H23N3O. The molecule has 0 unspecified atom stereocenters. The summed E-state index contributed by atoms with van der Waals surface area (Å²) in [4.78, 5) is 14.3. The Balaban J connectivity index is 2.53. The molecule has 0 heterocycles. The number of nitrogens with two attached hydrogens (primary N) is 1. The average Bonchev–Trinajstić information content (AvgIpc) is 2.37. The Morgan fingerprint density at radius 2 is 2.00 bits per heavy atom. The van der Waals surface area contributed by atoms with Crippen LogP contribution in [-0.2, 0) is 0 Å². The average molecular weight is 249 g/mol. The number of carbonyl (C=O) groups is 1. The van der Waals surface area contributed by atoms with Gasteiger partial charge in [0.25, 0.3) is 5.91 Å². The molecule has 0 bridgehead atoms. The number of nitrogens with zero attached hydrogens (tertiary/aromatic N) is 1. The lowest BCUT2D eigenvalue weighted by atomic mass is 10.1. The van der Waals surface area contributed by atoms with Crippen LogP contribution < -0.4 is 11.1 Å². The topological polar surface area (TPSA) is 58.4 Å². The van der Waals surface area contributed by atoms with E-state index in [0.717, 1.165) is 25.2 Å². The molecule has 0 fully saturated rings. The van der Waals surface area contributed by atoms with Gasteiger partial charge in [-0.1, -0.05) is 19.9 Å². The summed E-state index contributed by atoms with van der Waals surface area (Å²) in [5.41, 5.74) is 7.96. The summed E-state index contributed by atoms with van der Waals surface area (Å²) in [7, 11) is 0.